The highest BCUT2D eigenvalue weighted by Gasteiger charge is 2.16. The number of anilines is 3. The molecule has 49 heavy (non-hydrogen) atoms. The Balaban J connectivity index is 1.01. The smallest absolute Gasteiger partial charge is 0.143 e. The molecule has 0 unspecified atom stereocenters. The SMILES string of the molecule is c1ccc(N(c2ccc(-c3ccc4c(ccc5c6ccccc6oc45)c3)cc2)c2ccc(-c3cccc4c3oc3ccccc34)cc2)cc1. The summed E-state index contributed by atoms with van der Waals surface area (Å²) in [7, 11) is 0. The van der Waals surface area contributed by atoms with Crippen LogP contribution in [0, 0.1) is 0 Å². The number of rotatable bonds is 5. The zero-order valence-electron chi connectivity index (χ0n) is 26.5. The van der Waals surface area contributed by atoms with Crippen molar-refractivity contribution >= 4 is 71.7 Å². The van der Waals surface area contributed by atoms with Crippen molar-refractivity contribution in [2.45, 2.75) is 0 Å². The molecule has 3 nitrogen and oxygen atoms in total. The Bertz CT molecular complexity index is 2810. The Kier molecular flexibility index (Phi) is 6.18. The van der Waals surface area contributed by atoms with E-state index in [1.54, 1.807) is 0 Å². The van der Waals surface area contributed by atoms with E-state index < -0.39 is 0 Å². The maximum atomic E-state index is 6.34. The van der Waals surface area contributed by atoms with Crippen molar-refractivity contribution in [3.63, 3.8) is 0 Å². The average Bonchev–Trinajstić information content (AvgIpc) is 3.75. The van der Waals surface area contributed by atoms with Crippen LogP contribution in [-0.4, -0.2) is 0 Å². The molecule has 8 aromatic carbocycles. The van der Waals surface area contributed by atoms with Crippen molar-refractivity contribution in [3.05, 3.63) is 176 Å². The molecule has 2 aromatic heterocycles. The molecule has 0 saturated carbocycles. The van der Waals surface area contributed by atoms with Crippen LogP contribution in [0.25, 0.3) is 76.9 Å². The quantitative estimate of drug-likeness (QED) is 0.190. The Morgan fingerprint density at radius 2 is 0.857 bits per heavy atom. The topological polar surface area (TPSA) is 29.5 Å². The fraction of sp³-hybridized carbons (Fsp3) is 0. The molecule has 230 valence electrons. The van der Waals surface area contributed by atoms with E-state index in [0.717, 1.165) is 88.4 Å². The summed E-state index contributed by atoms with van der Waals surface area (Å²) >= 11 is 0. The number of benzene rings is 8. The maximum absolute atomic E-state index is 6.34. The number of furan rings is 2. The summed E-state index contributed by atoms with van der Waals surface area (Å²) in [6.45, 7) is 0. The molecule has 0 N–H and O–H groups in total. The first-order chi connectivity index (χ1) is 24.3. The molecule has 2 heterocycles. The van der Waals surface area contributed by atoms with Crippen LogP contribution in [0.2, 0.25) is 0 Å². The minimum Gasteiger partial charge on any atom is -0.455 e. The number of hydrogen-bond acceptors (Lipinski definition) is 3. The van der Waals surface area contributed by atoms with Crippen LogP contribution in [0.15, 0.2) is 185 Å². The van der Waals surface area contributed by atoms with E-state index in [1.807, 2.05) is 24.3 Å². The van der Waals surface area contributed by atoms with Crippen molar-refractivity contribution in [2.75, 3.05) is 4.90 Å². The van der Waals surface area contributed by atoms with Crippen molar-refractivity contribution in [1.29, 1.82) is 0 Å². The first-order valence-corrected chi connectivity index (χ1v) is 16.6. The molecular weight excluding hydrogens is 599 g/mol. The first kappa shape index (κ1) is 27.5. The molecule has 0 amide bonds. The monoisotopic (exact) mass is 627 g/mol. The molecule has 0 bridgehead atoms. The lowest BCUT2D eigenvalue weighted by Crippen LogP contribution is -2.09. The molecule has 0 atom stereocenters. The molecular formula is C46H29NO2. The second kappa shape index (κ2) is 11.0. The van der Waals surface area contributed by atoms with Gasteiger partial charge in [0.25, 0.3) is 0 Å². The number of nitrogens with zero attached hydrogens (tertiary/aromatic N) is 1. The van der Waals surface area contributed by atoms with E-state index in [0.29, 0.717) is 0 Å². The molecule has 10 aromatic rings. The third-order valence-electron chi connectivity index (χ3n) is 9.67. The van der Waals surface area contributed by atoms with E-state index in [9.17, 15) is 0 Å². The molecule has 10 rings (SSSR count). The maximum Gasteiger partial charge on any atom is 0.143 e. The van der Waals surface area contributed by atoms with Crippen LogP contribution >= 0.6 is 0 Å². The van der Waals surface area contributed by atoms with Crippen LogP contribution in [-0.2, 0) is 0 Å². The van der Waals surface area contributed by atoms with E-state index in [4.69, 9.17) is 8.83 Å². The van der Waals surface area contributed by atoms with Gasteiger partial charge in [-0.15, -0.1) is 0 Å². The van der Waals surface area contributed by atoms with Gasteiger partial charge in [0.2, 0.25) is 0 Å². The summed E-state index contributed by atoms with van der Waals surface area (Å²) < 4.78 is 12.6. The van der Waals surface area contributed by atoms with Gasteiger partial charge in [0.05, 0.1) is 0 Å². The van der Waals surface area contributed by atoms with Gasteiger partial charge in [-0.3, -0.25) is 0 Å². The molecule has 0 radical (unpaired) electrons. The van der Waals surface area contributed by atoms with E-state index in [2.05, 4.69) is 157 Å². The number of hydrogen-bond donors (Lipinski definition) is 0. The molecule has 0 spiro atoms. The molecule has 3 heteroatoms. The van der Waals surface area contributed by atoms with Crippen LogP contribution < -0.4 is 4.90 Å². The van der Waals surface area contributed by atoms with Crippen LogP contribution in [0.4, 0.5) is 17.1 Å². The zero-order chi connectivity index (χ0) is 32.3. The summed E-state index contributed by atoms with van der Waals surface area (Å²) in [6, 6.07) is 62.0. The lowest BCUT2D eigenvalue weighted by Gasteiger charge is -2.26. The second-order valence-electron chi connectivity index (χ2n) is 12.5. The molecule has 0 fully saturated rings. The van der Waals surface area contributed by atoms with Gasteiger partial charge in [0.15, 0.2) is 0 Å². The fourth-order valence-electron chi connectivity index (χ4n) is 7.28. The van der Waals surface area contributed by atoms with E-state index in [-0.39, 0.29) is 0 Å². The minimum atomic E-state index is 0.910. The highest BCUT2D eigenvalue weighted by Crippen LogP contribution is 2.40. The lowest BCUT2D eigenvalue weighted by atomic mass is 9.99. The van der Waals surface area contributed by atoms with Crippen LogP contribution in [0.3, 0.4) is 0 Å². The normalized spacial score (nSPS) is 11.7. The van der Waals surface area contributed by atoms with Gasteiger partial charge in [-0.05, 0) is 88.8 Å². The van der Waals surface area contributed by atoms with Gasteiger partial charge in [0.1, 0.15) is 22.3 Å². The van der Waals surface area contributed by atoms with E-state index >= 15 is 0 Å². The summed E-state index contributed by atoms with van der Waals surface area (Å²) in [4.78, 5) is 2.30. The molecule has 0 aliphatic rings. The third kappa shape index (κ3) is 4.51. The van der Waals surface area contributed by atoms with Gasteiger partial charge < -0.3 is 13.7 Å². The van der Waals surface area contributed by atoms with Gasteiger partial charge in [-0.1, -0.05) is 109 Å². The fourth-order valence-corrected chi connectivity index (χ4v) is 7.28. The molecule has 0 aliphatic carbocycles. The van der Waals surface area contributed by atoms with Gasteiger partial charge in [0, 0.05) is 49.6 Å². The average molecular weight is 628 g/mol. The van der Waals surface area contributed by atoms with Gasteiger partial charge >= 0.3 is 0 Å². The standard InChI is InChI=1S/C46H29NO2/c1-2-9-34(10-3-1)47(36-25-19-31(20-26-36)37-13-8-14-41-39-11-4-6-15-43(39)48-45(37)41)35-23-17-30(18-24-35)32-21-27-38-33(29-32)22-28-42-40-12-5-7-16-44(40)49-46(38)42/h1-29H. The highest BCUT2D eigenvalue weighted by atomic mass is 16.3. The zero-order valence-corrected chi connectivity index (χ0v) is 26.5. The Morgan fingerprint density at radius 1 is 0.327 bits per heavy atom. The predicted molar refractivity (Wildman–Crippen MR) is 204 cm³/mol. The van der Waals surface area contributed by atoms with Crippen molar-refractivity contribution in [3.8, 4) is 22.3 Å². The largest absolute Gasteiger partial charge is 0.455 e. The Hall–Kier alpha value is -6.58. The highest BCUT2D eigenvalue weighted by molar-refractivity contribution is 6.15. The lowest BCUT2D eigenvalue weighted by molar-refractivity contribution is 0.670. The summed E-state index contributed by atoms with van der Waals surface area (Å²) in [5.74, 6) is 0. The second-order valence-corrected chi connectivity index (χ2v) is 12.5. The van der Waals surface area contributed by atoms with Crippen LogP contribution in [0.1, 0.15) is 0 Å². The van der Waals surface area contributed by atoms with Gasteiger partial charge in [-0.2, -0.15) is 0 Å². The summed E-state index contributed by atoms with van der Waals surface area (Å²) in [6.07, 6.45) is 0. The van der Waals surface area contributed by atoms with Crippen molar-refractivity contribution in [2.24, 2.45) is 0 Å². The Morgan fingerprint density at radius 3 is 1.57 bits per heavy atom. The van der Waals surface area contributed by atoms with Crippen LogP contribution in [0.5, 0.6) is 0 Å². The summed E-state index contributed by atoms with van der Waals surface area (Å²) in [5, 5.41) is 6.88. The Labute approximate surface area is 282 Å². The van der Waals surface area contributed by atoms with Gasteiger partial charge in [-0.25, -0.2) is 0 Å². The number of para-hydroxylation sites is 4. The number of fused-ring (bicyclic) bond motifs is 8. The third-order valence-corrected chi connectivity index (χ3v) is 9.67. The first-order valence-electron chi connectivity index (χ1n) is 16.6. The summed E-state index contributed by atoms with van der Waals surface area (Å²) in [5.41, 5.74) is 11.5. The molecule has 0 aliphatic heterocycles. The minimum absolute atomic E-state index is 0.910. The predicted octanol–water partition coefficient (Wildman–Crippen LogP) is 13.4. The molecule has 0 saturated heterocycles. The van der Waals surface area contributed by atoms with Crippen molar-refractivity contribution in [1.82, 2.24) is 0 Å². The van der Waals surface area contributed by atoms with Crippen molar-refractivity contribution < 1.29 is 8.83 Å². The van der Waals surface area contributed by atoms with E-state index in [1.165, 1.54) is 5.56 Å².